The summed E-state index contributed by atoms with van der Waals surface area (Å²) in [5.41, 5.74) is 0.488. The predicted octanol–water partition coefficient (Wildman–Crippen LogP) is 2.23. The third-order valence-electron chi connectivity index (χ3n) is 5.82. The summed E-state index contributed by atoms with van der Waals surface area (Å²) in [7, 11) is 1.87. The highest BCUT2D eigenvalue weighted by Gasteiger charge is 2.32. The van der Waals surface area contributed by atoms with Gasteiger partial charge in [0.25, 0.3) is 0 Å². The maximum absolute atomic E-state index is 5.53. The molecule has 5 heteroatoms. The van der Waals surface area contributed by atoms with Crippen molar-refractivity contribution in [2.24, 2.45) is 10.4 Å². The molecule has 23 heavy (non-hydrogen) atoms. The van der Waals surface area contributed by atoms with Gasteiger partial charge in [-0.3, -0.25) is 9.89 Å². The molecule has 0 aromatic heterocycles. The fraction of sp³-hybridized carbons (Fsp3) is 0.944. The SMILES string of the molecule is CCC1(CNC(=NC)NCC(C)N2CCOCC2C)CCCC1. The summed E-state index contributed by atoms with van der Waals surface area (Å²) in [6.07, 6.45) is 6.74. The van der Waals surface area contributed by atoms with Crippen LogP contribution in [0.4, 0.5) is 0 Å². The number of ether oxygens (including phenoxy) is 1. The molecule has 1 heterocycles. The van der Waals surface area contributed by atoms with Crippen molar-refractivity contribution in [3.63, 3.8) is 0 Å². The van der Waals surface area contributed by atoms with E-state index in [1.807, 2.05) is 7.05 Å². The van der Waals surface area contributed by atoms with Crippen molar-refractivity contribution in [1.82, 2.24) is 15.5 Å². The number of hydrogen-bond acceptors (Lipinski definition) is 3. The Morgan fingerprint density at radius 2 is 2.09 bits per heavy atom. The van der Waals surface area contributed by atoms with Crippen molar-refractivity contribution in [2.45, 2.75) is 65.0 Å². The Bertz CT molecular complexity index is 379. The first-order chi connectivity index (χ1) is 11.1. The van der Waals surface area contributed by atoms with Crippen molar-refractivity contribution >= 4 is 5.96 Å². The van der Waals surface area contributed by atoms with Crippen molar-refractivity contribution in [2.75, 3.05) is 39.9 Å². The molecule has 1 aliphatic heterocycles. The summed E-state index contributed by atoms with van der Waals surface area (Å²) >= 11 is 0. The first-order valence-corrected chi connectivity index (χ1v) is 9.38. The smallest absolute Gasteiger partial charge is 0.191 e. The standard InChI is InChI=1S/C18H36N4O/c1-5-18(8-6-7-9-18)14-21-17(19-4)20-12-15(2)22-10-11-23-13-16(22)3/h15-16H,5-14H2,1-4H3,(H2,19,20,21). The van der Waals surface area contributed by atoms with Crippen LogP contribution in [0.1, 0.15) is 52.9 Å². The molecule has 2 unspecified atom stereocenters. The molecule has 2 N–H and O–H groups in total. The Labute approximate surface area is 142 Å². The fourth-order valence-corrected chi connectivity index (χ4v) is 4.03. The van der Waals surface area contributed by atoms with Gasteiger partial charge in [-0.1, -0.05) is 19.8 Å². The minimum atomic E-state index is 0.485. The molecular weight excluding hydrogens is 288 g/mol. The molecule has 2 rings (SSSR count). The van der Waals surface area contributed by atoms with Crippen molar-refractivity contribution in [3.8, 4) is 0 Å². The van der Waals surface area contributed by atoms with Crippen molar-refractivity contribution < 1.29 is 4.74 Å². The first kappa shape index (κ1) is 18.5. The van der Waals surface area contributed by atoms with E-state index >= 15 is 0 Å². The molecule has 0 amide bonds. The second kappa shape index (κ2) is 8.88. The summed E-state index contributed by atoms with van der Waals surface area (Å²) < 4.78 is 5.53. The summed E-state index contributed by atoms with van der Waals surface area (Å²) in [4.78, 5) is 6.92. The molecule has 1 saturated carbocycles. The largest absolute Gasteiger partial charge is 0.379 e. The lowest BCUT2D eigenvalue weighted by Crippen LogP contribution is -2.53. The highest BCUT2D eigenvalue weighted by Crippen LogP contribution is 2.40. The highest BCUT2D eigenvalue weighted by molar-refractivity contribution is 5.79. The van der Waals surface area contributed by atoms with Gasteiger partial charge in [0.15, 0.2) is 5.96 Å². The minimum absolute atomic E-state index is 0.485. The van der Waals surface area contributed by atoms with Gasteiger partial charge < -0.3 is 15.4 Å². The minimum Gasteiger partial charge on any atom is -0.379 e. The Morgan fingerprint density at radius 1 is 1.35 bits per heavy atom. The zero-order valence-electron chi connectivity index (χ0n) is 15.5. The van der Waals surface area contributed by atoms with Gasteiger partial charge in [0.05, 0.1) is 13.2 Å². The molecule has 2 atom stereocenters. The van der Waals surface area contributed by atoms with Gasteiger partial charge >= 0.3 is 0 Å². The number of aliphatic imine (C=N–C) groups is 1. The van der Waals surface area contributed by atoms with Crippen LogP contribution in [0.2, 0.25) is 0 Å². The molecule has 1 aliphatic carbocycles. The monoisotopic (exact) mass is 324 g/mol. The quantitative estimate of drug-likeness (QED) is 0.581. The number of rotatable bonds is 6. The lowest BCUT2D eigenvalue weighted by Gasteiger charge is -2.38. The molecule has 2 fully saturated rings. The summed E-state index contributed by atoms with van der Waals surface area (Å²) in [6.45, 7) is 11.5. The molecular formula is C18H36N4O. The number of nitrogens with zero attached hydrogens (tertiary/aromatic N) is 2. The number of hydrogen-bond donors (Lipinski definition) is 2. The molecule has 0 aromatic rings. The molecule has 1 saturated heterocycles. The predicted molar refractivity (Wildman–Crippen MR) is 97.0 cm³/mol. The van der Waals surface area contributed by atoms with E-state index in [0.29, 0.717) is 17.5 Å². The average Bonchev–Trinajstić information content (AvgIpc) is 3.04. The fourth-order valence-electron chi connectivity index (χ4n) is 4.03. The average molecular weight is 325 g/mol. The molecule has 0 bridgehead atoms. The second-order valence-electron chi connectivity index (χ2n) is 7.38. The van der Waals surface area contributed by atoms with E-state index < -0.39 is 0 Å². The van der Waals surface area contributed by atoms with Crippen LogP contribution in [0.15, 0.2) is 4.99 Å². The van der Waals surface area contributed by atoms with Crippen LogP contribution < -0.4 is 10.6 Å². The summed E-state index contributed by atoms with van der Waals surface area (Å²) in [5.74, 6) is 0.942. The zero-order valence-corrected chi connectivity index (χ0v) is 15.5. The normalized spacial score (nSPS) is 27.0. The summed E-state index contributed by atoms with van der Waals surface area (Å²) in [5, 5.41) is 7.08. The van der Waals surface area contributed by atoms with E-state index in [1.54, 1.807) is 0 Å². The maximum atomic E-state index is 5.53. The molecule has 0 spiro atoms. The van der Waals surface area contributed by atoms with E-state index in [0.717, 1.165) is 38.8 Å². The Morgan fingerprint density at radius 3 is 2.70 bits per heavy atom. The van der Waals surface area contributed by atoms with E-state index in [2.05, 4.69) is 41.3 Å². The Kier molecular flexibility index (Phi) is 7.15. The molecule has 0 radical (unpaired) electrons. The van der Waals surface area contributed by atoms with Gasteiger partial charge in [-0.15, -0.1) is 0 Å². The van der Waals surface area contributed by atoms with E-state index in [4.69, 9.17) is 4.74 Å². The third-order valence-corrected chi connectivity index (χ3v) is 5.82. The van der Waals surface area contributed by atoms with Gasteiger partial charge in [0.1, 0.15) is 0 Å². The molecule has 2 aliphatic rings. The lowest BCUT2D eigenvalue weighted by molar-refractivity contribution is -0.0174. The van der Waals surface area contributed by atoms with Crippen LogP contribution in [0.5, 0.6) is 0 Å². The van der Waals surface area contributed by atoms with Crippen LogP contribution >= 0.6 is 0 Å². The second-order valence-corrected chi connectivity index (χ2v) is 7.38. The maximum Gasteiger partial charge on any atom is 0.191 e. The van der Waals surface area contributed by atoms with E-state index in [1.165, 1.54) is 32.1 Å². The van der Waals surface area contributed by atoms with Gasteiger partial charge in [-0.2, -0.15) is 0 Å². The van der Waals surface area contributed by atoms with E-state index in [-0.39, 0.29) is 0 Å². The van der Waals surface area contributed by atoms with E-state index in [9.17, 15) is 0 Å². The topological polar surface area (TPSA) is 48.9 Å². The van der Waals surface area contributed by atoms with Crippen LogP contribution in [0.25, 0.3) is 0 Å². The molecule has 5 nitrogen and oxygen atoms in total. The first-order valence-electron chi connectivity index (χ1n) is 9.38. The number of nitrogens with one attached hydrogen (secondary N) is 2. The third kappa shape index (κ3) is 5.08. The number of morpholine rings is 1. The Balaban J connectivity index is 1.76. The Hall–Kier alpha value is -0.810. The zero-order chi connectivity index (χ0) is 16.7. The molecule has 134 valence electrons. The van der Waals surface area contributed by atoms with Crippen LogP contribution in [0.3, 0.4) is 0 Å². The number of guanidine groups is 1. The van der Waals surface area contributed by atoms with Gasteiger partial charge in [-0.05, 0) is 38.5 Å². The van der Waals surface area contributed by atoms with Crippen LogP contribution in [0, 0.1) is 5.41 Å². The van der Waals surface area contributed by atoms with Gasteiger partial charge in [0.2, 0.25) is 0 Å². The molecule has 0 aromatic carbocycles. The highest BCUT2D eigenvalue weighted by atomic mass is 16.5. The van der Waals surface area contributed by atoms with Crippen LogP contribution in [-0.4, -0.2) is 62.8 Å². The summed E-state index contributed by atoms with van der Waals surface area (Å²) in [6, 6.07) is 0.983. The van der Waals surface area contributed by atoms with Gasteiger partial charge in [-0.25, -0.2) is 0 Å². The van der Waals surface area contributed by atoms with Crippen molar-refractivity contribution in [3.05, 3.63) is 0 Å². The van der Waals surface area contributed by atoms with Crippen molar-refractivity contribution in [1.29, 1.82) is 0 Å². The lowest BCUT2D eigenvalue weighted by atomic mass is 9.83. The van der Waals surface area contributed by atoms with Gasteiger partial charge in [0, 0.05) is 38.8 Å². The van der Waals surface area contributed by atoms with Crippen LogP contribution in [-0.2, 0) is 4.74 Å².